The lowest BCUT2D eigenvalue weighted by Gasteiger charge is -2.23. The minimum absolute atomic E-state index is 0.0652. The fraction of sp³-hybridized carbons (Fsp3) is 0.143. The van der Waals surface area contributed by atoms with Crippen molar-refractivity contribution < 1.29 is 24.2 Å². The summed E-state index contributed by atoms with van der Waals surface area (Å²) in [6.07, 6.45) is 0.851. The topological polar surface area (TPSA) is 102 Å². The van der Waals surface area contributed by atoms with Crippen LogP contribution in [0.1, 0.15) is 36.1 Å². The standard InChI is InChI=1S/C35H28ClN3O5S2/c1-2-19-43-25-17-15-22(16-18-25)31(40)29-30(23-10-8-13-27(20-23)44-26-11-4-3-5-12-26)39(33(42)32(29)41)34-37-38-35(46-34)45-21-24-9-6-7-14-28(24)36/h3-18,20,30,40H,2,19,21H2,1H3/b31-29-. The number of aromatic nitrogens is 2. The van der Waals surface area contributed by atoms with Gasteiger partial charge >= 0.3 is 5.91 Å². The summed E-state index contributed by atoms with van der Waals surface area (Å²) in [5.41, 5.74) is 1.80. The van der Waals surface area contributed by atoms with Gasteiger partial charge in [-0.1, -0.05) is 90.2 Å². The Morgan fingerprint density at radius 2 is 1.65 bits per heavy atom. The van der Waals surface area contributed by atoms with Crippen molar-refractivity contribution in [2.45, 2.75) is 29.5 Å². The van der Waals surface area contributed by atoms with Gasteiger partial charge in [-0.15, -0.1) is 10.2 Å². The summed E-state index contributed by atoms with van der Waals surface area (Å²) in [5, 5.41) is 21.1. The first-order chi connectivity index (χ1) is 22.4. The largest absolute Gasteiger partial charge is 0.507 e. The lowest BCUT2D eigenvalue weighted by atomic mass is 9.95. The molecule has 0 bridgehead atoms. The number of Topliss-reactive ketones (excluding diaryl/α,β-unsaturated/α-hetero) is 1. The Kier molecular flexibility index (Phi) is 9.68. The molecule has 0 saturated carbocycles. The van der Waals surface area contributed by atoms with Gasteiger partial charge < -0.3 is 14.6 Å². The Morgan fingerprint density at radius 1 is 0.913 bits per heavy atom. The molecule has 1 aliphatic rings. The van der Waals surface area contributed by atoms with Gasteiger partial charge in [-0.3, -0.25) is 14.5 Å². The van der Waals surface area contributed by atoms with Crippen molar-refractivity contribution in [3.8, 4) is 17.2 Å². The number of carbonyl (C=O) groups excluding carboxylic acids is 2. The second-order valence-corrected chi connectivity index (χ2v) is 12.8. The van der Waals surface area contributed by atoms with Crippen molar-refractivity contribution in [3.05, 3.63) is 130 Å². The predicted molar refractivity (Wildman–Crippen MR) is 181 cm³/mol. The highest BCUT2D eigenvalue weighted by atomic mass is 35.5. The summed E-state index contributed by atoms with van der Waals surface area (Å²) in [6.45, 7) is 2.57. The summed E-state index contributed by atoms with van der Waals surface area (Å²) in [7, 11) is 0. The van der Waals surface area contributed by atoms with E-state index >= 15 is 0 Å². The van der Waals surface area contributed by atoms with E-state index in [1.165, 1.54) is 28.0 Å². The Hall–Kier alpha value is -4.64. The smallest absolute Gasteiger partial charge is 0.301 e. The highest BCUT2D eigenvalue weighted by molar-refractivity contribution is 8.00. The molecule has 0 spiro atoms. The number of rotatable bonds is 11. The molecule has 4 aromatic carbocycles. The number of hydrogen-bond acceptors (Lipinski definition) is 9. The molecule has 1 saturated heterocycles. The maximum Gasteiger partial charge on any atom is 0.301 e. The first-order valence-electron chi connectivity index (χ1n) is 14.5. The van der Waals surface area contributed by atoms with Gasteiger partial charge in [-0.05, 0) is 72.1 Å². The molecule has 6 rings (SSSR count). The second kappa shape index (κ2) is 14.2. The van der Waals surface area contributed by atoms with Crippen molar-refractivity contribution in [1.29, 1.82) is 0 Å². The zero-order valence-corrected chi connectivity index (χ0v) is 27.0. The van der Waals surface area contributed by atoms with Crippen molar-refractivity contribution in [3.63, 3.8) is 0 Å². The molecule has 8 nitrogen and oxygen atoms in total. The normalized spacial score (nSPS) is 15.7. The monoisotopic (exact) mass is 669 g/mol. The SMILES string of the molecule is CCCOc1ccc(/C(O)=C2/C(=O)C(=O)N(c3nnc(SCc4ccccc4Cl)s3)C2c2cccc(Oc3ccccc3)c2)cc1. The minimum atomic E-state index is -0.996. The molecule has 1 amide bonds. The average molecular weight is 670 g/mol. The number of halogens is 1. The molecule has 46 heavy (non-hydrogen) atoms. The van der Waals surface area contributed by atoms with E-state index in [1.807, 2.05) is 61.5 Å². The number of amides is 1. The molecule has 5 aromatic rings. The third-order valence-corrected chi connectivity index (χ3v) is 9.58. The van der Waals surface area contributed by atoms with E-state index in [2.05, 4.69) is 10.2 Å². The van der Waals surface area contributed by atoms with Crippen LogP contribution in [0.25, 0.3) is 5.76 Å². The molecule has 1 aliphatic heterocycles. The molecular weight excluding hydrogens is 642 g/mol. The van der Waals surface area contributed by atoms with Gasteiger partial charge in [0.2, 0.25) is 5.13 Å². The van der Waals surface area contributed by atoms with Crippen LogP contribution in [0.15, 0.2) is 113 Å². The van der Waals surface area contributed by atoms with Crippen molar-refractivity contribution in [2.75, 3.05) is 11.5 Å². The predicted octanol–water partition coefficient (Wildman–Crippen LogP) is 8.69. The van der Waals surface area contributed by atoms with Gasteiger partial charge in [-0.25, -0.2) is 0 Å². The Bertz CT molecular complexity index is 1900. The second-order valence-electron chi connectivity index (χ2n) is 10.3. The summed E-state index contributed by atoms with van der Waals surface area (Å²) in [4.78, 5) is 28.7. The highest BCUT2D eigenvalue weighted by Gasteiger charge is 2.48. The Morgan fingerprint density at radius 3 is 2.41 bits per heavy atom. The van der Waals surface area contributed by atoms with E-state index in [-0.39, 0.29) is 16.5 Å². The quantitative estimate of drug-likeness (QED) is 0.0490. The van der Waals surface area contributed by atoms with Gasteiger partial charge in [0, 0.05) is 16.3 Å². The zero-order chi connectivity index (χ0) is 32.0. The van der Waals surface area contributed by atoms with Crippen LogP contribution in [0.3, 0.4) is 0 Å². The van der Waals surface area contributed by atoms with E-state index in [0.717, 1.165) is 12.0 Å². The molecule has 1 N–H and O–H groups in total. The number of aliphatic hydroxyl groups excluding tert-OH is 1. The highest BCUT2D eigenvalue weighted by Crippen LogP contribution is 2.45. The van der Waals surface area contributed by atoms with Gasteiger partial charge in [0.15, 0.2) is 4.34 Å². The van der Waals surface area contributed by atoms with Gasteiger partial charge in [-0.2, -0.15) is 0 Å². The first kappa shape index (κ1) is 31.3. The summed E-state index contributed by atoms with van der Waals surface area (Å²) >= 11 is 8.94. The molecule has 1 aromatic heterocycles. The fourth-order valence-corrected chi connectivity index (χ4v) is 7.07. The molecule has 0 radical (unpaired) electrons. The van der Waals surface area contributed by atoms with Crippen molar-refractivity contribution in [1.82, 2.24) is 10.2 Å². The van der Waals surface area contributed by atoms with Crippen LogP contribution >= 0.6 is 34.7 Å². The van der Waals surface area contributed by atoms with E-state index in [9.17, 15) is 14.7 Å². The molecule has 1 unspecified atom stereocenters. The molecule has 2 heterocycles. The summed E-state index contributed by atoms with van der Waals surface area (Å²) in [5.74, 6) is 0.361. The number of ether oxygens (including phenoxy) is 2. The number of para-hydroxylation sites is 1. The number of carbonyl (C=O) groups is 2. The third kappa shape index (κ3) is 6.79. The summed E-state index contributed by atoms with van der Waals surface area (Å²) < 4.78 is 12.3. The lowest BCUT2D eigenvalue weighted by Crippen LogP contribution is -2.29. The number of hydrogen-bond donors (Lipinski definition) is 1. The van der Waals surface area contributed by atoms with Gasteiger partial charge in [0.25, 0.3) is 5.78 Å². The van der Waals surface area contributed by atoms with Crippen LogP contribution in [-0.4, -0.2) is 33.6 Å². The number of anilines is 1. The third-order valence-electron chi connectivity index (χ3n) is 7.11. The molecule has 1 atom stereocenters. The van der Waals surface area contributed by atoms with Crippen LogP contribution < -0.4 is 14.4 Å². The molecule has 1 fully saturated rings. The zero-order valence-electron chi connectivity index (χ0n) is 24.6. The van der Waals surface area contributed by atoms with Gasteiger partial charge in [0.05, 0.1) is 18.2 Å². The first-order valence-corrected chi connectivity index (χ1v) is 16.7. The van der Waals surface area contributed by atoms with Crippen LogP contribution in [0.4, 0.5) is 5.13 Å². The number of thioether (sulfide) groups is 1. The van der Waals surface area contributed by atoms with E-state index in [4.69, 9.17) is 21.1 Å². The molecule has 11 heteroatoms. The molecule has 0 aliphatic carbocycles. The number of ketones is 1. The molecular formula is C35H28ClN3O5S2. The maximum absolute atomic E-state index is 13.7. The lowest BCUT2D eigenvalue weighted by molar-refractivity contribution is -0.132. The van der Waals surface area contributed by atoms with Crippen LogP contribution in [0, 0.1) is 0 Å². The van der Waals surface area contributed by atoms with Gasteiger partial charge in [0.1, 0.15) is 23.0 Å². The average Bonchev–Trinajstić information content (AvgIpc) is 3.65. The van der Waals surface area contributed by atoms with Crippen LogP contribution in [0.2, 0.25) is 5.02 Å². The summed E-state index contributed by atoms with van der Waals surface area (Å²) in [6, 6.07) is 29.7. The maximum atomic E-state index is 13.7. The van der Waals surface area contributed by atoms with E-state index in [0.29, 0.717) is 50.1 Å². The van der Waals surface area contributed by atoms with Crippen LogP contribution in [0.5, 0.6) is 17.2 Å². The number of benzene rings is 4. The van der Waals surface area contributed by atoms with E-state index in [1.54, 1.807) is 48.5 Å². The minimum Gasteiger partial charge on any atom is -0.507 e. The van der Waals surface area contributed by atoms with Crippen molar-refractivity contribution in [2.24, 2.45) is 0 Å². The fourth-order valence-electron chi connectivity index (χ4n) is 4.92. The Balaban J connectivity index is 1.38. The van der Waals surface area contributed by atoms with E-state index < -0.39 is 17.7 Å². The van der Waals surface area contributed by atoms with Crippen molar-refractivity contribution >= 4 is 57.3 Å². The number of nitrogens with zero attached hydrogens (tertiary/aromatic N) is 3. The number of aliphatic hydroxyl groups is 1. The van der Waals surface area contributed by atoms with Crippen LogP contribution in [-0.2, 0) is 15.3 Å². The Labute approximate surface area is 279 Å². The molecule has 232 valence electrons.